The fourth-order valence-electron chi connectivity index (χ4n) is 7.84. The Morgan fingerprint density at radius 3 is 2.29 bits per heavy atom. The van der Waals surface area contributed by atoms with E-state index in [0.717, 1.165) is 23.1 Å². The van der Waals surface area contributed by atoms with Crippen molar-refractivity contribution in [1.29, 1.82) is 0 Å². The Bertz CT molecular complexity index is 1360. The molecule has 0 aromatic heterocycles. The van der Waals surface area contributed by atoms with Crippen LogP contribution < -0.4 is 0 Å². The average molecular weight is 521 g/mol. The molecule has 0 amide bonds. The van der Waals surface area contributed by atoms with Gasteiger partial charge >= 0.3 is 0 Å². The number of aliphatic hydroxyl groups excluding tert-OH is 1. The van der Waals surface area contributed by atoms with E-state index in [1.54, 1.807) is 13.8 Å². The van der Waals surface area contributed by atoms with Crippen molar-refractivity contribution in [2.45, 2.75) is 86.2 Å². The number of phenols is 1. The summed E-state index contributed by atoms with van der Waals surface area (Å²) in [6, 6.07) is 3.35. The predicted molar refractivity (Wildman–Crippen MR) is 147 cm³/mol. The lowest BCUT2D eigenvalue weighted by Gasteiger charge is -2.62. The van der Waals surface area contributed by atoms with Crippen molar-refractivity contribution in [3.63, 3.8) is 0 Å². The fourth-order valence-corrected chi connectivity index (χ4v) is 7.84. The molecule has 3 aliphatic carbocycles. The molecule has 5 unspecified atom stereocenters. The van der Waals surface area contributed by atoms with E-state index in [1.807, 2.05) is 26.8 Å². The van der Waals surface area contributed by atoms with E-state index in [0.29, 0.717) is 17.9 Å². The third kappa shape index (κ3) is 3.38. The summed E-state index contributed by atoms with van der Waals surface area (Å²) >= 11 is 0. The monoisotopic (exact) mass is 520 g/mol. The normalized spacial score (nSPS) is 32.8. The molecule has 1 fully saturated rings. The summed E-state index contributed by atoms with van der Waals surface area (Å²) in [7, 11) is 0. The van der Waals surface area contributed by atoms with E-state index in [-0.39, 0.29) is 34.8 Å². The highest BCUT2D eigenvalue weighted by atomic mass is 16.3. The summed E-state index contributed by atoms with van der Waals surface area (Å²) in [5, 5.41) is 34.6. The molecule has 0 spiro atoms. The number of Topliss-reactive ketones (excluding diaryl/α,β-unsaturated/α-hetero) is 3. The largest absolute Gasteiger partial charge is 0.507 e. The number of hydrogen-bond acceptors (Lipinski definition) is 6. The molecule has 4 rings (SSSR count). The van der Waals surface area contributed by atoms with Crippen molar-refractivity contribution in [2.75, 3.05) is 0 Å². The molecule has 0 bridgehead atoms. The van der Waals surface area contributed by atoms with E-state index >= 15 is 0 Å². The quantitative estimate of drug-likeness (QED) is 0.258. The van der Waals surface area contributed by atoms with Gasteiger partial charge in [-0.2, -0.15) is 0 Å². The van der Waals surface area contributed by atoms with Crippen molar-refractivity contribution in [2.24, 2.45) is 22.7 Å². The van der Waals surface area contributed by atoms with Gasteiger partial charge in [-0.3, -0.25) is 14.4 Å². The summed E-state index contributed by atoms with van der Waals surface area (Å²) in [6.07, 6.45) is 1.59. The van der Waals surface area contributed by atoms with Crippen LogP contribution in [0.3, 0.4) is 0 Å². The van der Waals surface area contributed by atoms with Crippen molar-refractivity contribution in [3.8, 4) is 5.75 Å². The third-order valence-corrected chi connectivity index (χ3v) is 10.0. The Hall–Kier alpha value is -2.99. The van der Waals surface area contributed by atoms with Crippen LogP contribution in [0.1, 0.15) is 90.8 Å². The first-order valence-corrected chi connectivity index (χ1v) is 13.4. The van der Waals surface area contributed by atoms with Crippen LogP contribution in [0.5, 0.6) is 5.75 Å². The molecule has 0 saturated heterocycles. The van der Waals surface area contributed by atoms with Crippen LogP contribution in [0, 0.1) is 22.7 Å². The number of rotatable bonds is 5. The number of aromatic hydroxyl groups is 1. The molecule has 1 aromatic carbocycles. The van der Waals surface area contributed by atoms with E-state index < -0.39 is 45.5 Å². The van der Waals surface area contributed by atoms with E-state index in [1.165, 1.54) is 13.0 Å². The molecule has 5 atom stereocenters. The van der Waals surface area contributed by atoms with Crippen LogP contribution in [0.2, 0.25) is 0 Å². The Morgan fingerprint density at radius 1 is 1.13 bits per heavy atom. The smallest absolute Gasteiger partial charge is 0.206 e. The number of benzene rings is 1. The van der Waals surface area contributed by atoms with Gasteiger partial charge in [0.1, 0.15) is 11.5 Å². The third-order valence-electron chi connectivity index (χ3n) is 10.0. The highest BCUT2D eigenvalue weighted by Gasteiger charge is 2.73. The summed E-state index contributed by atoms with van der Waals surface area (Å²) in [5.41, 5.74) is -1.47. The van der Waals surface area contributed by atoms with Crippen LogP contribution in [0.15, 0.2) is 41.0 Å². The number of allylic oxidation sites excluding steroid dienone is 2. The van der Waals surface area contributed by atoms with Crippen molar-refractivity contribution < 1.29 is 29.7 Å². The maximum absolute atomic E-state index is 14.3. The lowest BCUT2D eigenvalue weighted by molar-refractivity contribution is -0.182. The molecule has 3 aliphatic rings. The minimum Gasteiger partial charge on any atom is -0.507 e. The van der Waals surface area contributed by atoms with Gasteiger partial charge in [-0.05, 0) is 68.1 Å². The topological polar surface area (TPSA) is 112 Å². The second-order valence-corrected chi connectivity index (χ2v) is 12.7. The molecule has 0 radical (unpaired) electrons. The average Bonchev–Trinajstić information content (AvgIpc) is 2.79. The molecule has 204 valence electrons. The van der Waals surface area contributed by atoms with Gasteiger partial charge in [0.15, 0.2) is 11.4 Å². The lowest BCUT2D eigenvalue weighted by atomic mass is 9.40. The maximum Gasteiger partial charge on any atom is 0.206 e. The van der Waals surface area contributed by atoms with Gasteiger partial charge in [-0.15, -0.1) is 0 Å². The summed E-state index contributed by atoms with van der Waals surface area (Å²) < 4.78 is 0. The molecule has 1 aromatic rings. The second-order valence-electron chi connectivity index (χ2n) is 12.7. The zero-order valence-corrected chi connectivity index (χ0v) is 23.8. The number of aliphatic hydroxyl groups is 2. The Kier molecular flexibility index (Phi) is 6.47. The Morgan fingerprint density at radius 2 is 1.74 bits per heavy atom. The first-order chi connectivity index (χ1) is 17.5. The van der Waals surface area contributed by atoms with Gasteiger partial charge < -0.3 is 15.3 Å². The van der Waals surface area contributed by atoms with Crippen LogP contribution in [0.4, 0.5) is 0 Å². The van der Waals surface area contributed by atoms with Crippen molar-refractivity contribution in [3.05, 3.63) is 57.7 Å². The lowest BCUT2D eigenvalue weighted by Crippen LogP contribution is -2.71. The van der Waals surface area contributed by atoms with Crippen LogP contribution in [-0.2, 0) is 20.8 Å². The number of ketones is 3. The van der Waals surface area contributed by atoms with E-state index in [2.05, 4.69) is 20.4 Å². The van der Waals surface area contributed by atoms with Gasteiger partial charge in [-0.25, -0.2) is 0 Å². The minimum atomic E-state index is -2.51. The number of hydrogen-bond donors (Lipinski definition) is 3. The molecule has 6 heteroatoms. The maximum atomic E-state index is 14.3. The second kappa shape index (κ2) is 8.77. The standard InChI is InChI=1S/C32H40O6/c1-15(2)12-16(3)13-21-10-11-22(34)25-24(21)18(5)31(9)20(7)30(8)14-17(4)23(19(6)33)28(36)32(30,38)29(37)26(31)27(25)35/h10-11,15,18,20,34-35,38H,3,12-14H2,1-2,4-9H3. The van der Waals surface area contributed by atoms with Gasteiger partial charge in [0, 0.05) is 16.4 Å². The number of carbonyl (C=O) groups excluding carboxylic acids is 3. The van der Waals surface area contributed by atoms with Crippen LogP contribution in [-0.4, -0.2) is 38.3 Å². The number of fused-ring (bicyclic) bond motifs is 3. The van der Waals surface area contributed by atoms with E-state index in [4.69, 9.17) is 0 Å². The highest BCUT2D eigenvalue weighted by molar-refractivity contribution is 6.33. The molecular weight excluding hydrogens is 480 g/mol. The van der Waals surface area contributed by atoms with Crippen LogP contribution in [0.25, 0.3) is 5.76 Å². The zero-order chi connectivity index (χ0) is 28.7. The summed E-state index contributed by atoms with van der Waals surface area (Å²) in [4.78, 5) is 40.4. The molecule has 3 N–H and O–H groups in total. The minimum absolute atomic E-state index is 0.0609. The molecule has 1 saturated carbocycles. The SMILES string of the molecule is C=C(Cc1ccc(O)c2c1C(C)C1(C)C(=C2O)C(=O)C2(O)C(=O)C(C(C)=O)=C(C)CC2(C)C1C)CC(C)C. The predicted octanol–water partition coefficient (Wildman–Crippen LogP) is 5.76. The van der Waals surface area contributed by atoms with Gasteiger partial charge in [0.25, 0.3) is 0 Å². The zero-order valence-electron chi connectivity index (χ0n) is 23.8. The number of phenolic OH excluding ortho intramolecular Hbond substituents is 1. The molecular formula is C32H40O6. The molecule has 6 nitrogen and oxygen atoms in total. The molecule has 0 aliphatic heterocycles. The van der Waals surface area contributed by atoms with E-state index in [9.17, 15) is 29.7 Å². The van der Waals surface area contributed by atoms with Gasteiger partial charge in [0.05, 0.1) is 11.1 Å². The van der Waals surface area contributed by atoms with Crippen molar-refractivity contribution >= 4 is 23.1 Å². The molecule has 0 heterocycles. The number of carbonyl (C=O) groups is 3. The highest BCUT2D eigenvalue weighted by Crippen LogP contribution is 2.68. The first-order valence-electron chi connectivity index (χ1n) is 13.4. The summed E-state index contributed by atoms with van der Waals surface area (Å²) in [6.45, 7) is 19.0. The Balaban J connectivity index is 2.01. The summed E-state index contributed by atoms with van der Waals surface area (Å²) in [5.74, 6) is -3.25. The van der Waals surface area contributed by atoms with Gasteiger partial charge in [0.2, 0.25) is 11.6 Å². The fraction of sp³-hybridized carbons (Fsp3) is 0.531. The Labute approximate surface area is 225 Å². The first kappa shape index (κ1) is 28.0. The van der Waals surface area contributed by atoms with Gasteiger partial charge in [-0.1, -0.05) is 65.3 Å². The molecule has 38 heavy (non-hydrogen) atoms. The van der Waals surface area contributed by atoms with Crippen LogP contribution >= 0.6 is 0 Å². The van der Waals surface area contributed by atoms with Crippen molar-refractivity contribution in [1.82, 2.24) is 0 Å².